The molecule has 5 heteroatoms. The highest BCUT2D eigenvalue weighted by molar-refractivity contribution is 5.76. The molecule has 1 saturated carbocycles. The van der Waals surface area contributed by atoms with E-state index in [0.717, 1.165) is 38.7 Å². The van der Waals surface area contributed by atoms with Crippen LogP contribution in [0.15, 0.2) is 10.2 Å². The Morgan fingerprint density at radius 3 is 2.77 bits per heavy atom. The van der Waals surface area contributed by atoms with Crippen LogP contribution in [0.4, 0.5) is 0 Å². The first kappa shape index (κ1) is 15.5. The average molecular weight is 303 g/mol. The Bertz CT molecular complexity index is 483. The minimum absolute atomic E-state index is 0.0470. The summed E-state index contributed by atoms with van der Waals surface area (Å²) in [6.07, 6.45) is 14.5. The molecule has 1 saturated heterocycles. The Kier molecular flexibility index (Phi) is 4.49. The molecule has 3 rings (SSSR count). The summed E-state index contributed by atoms with van der Waals surface area (Å²) in [5, 5.41) is 11.3. The Labute approximate surface area is 132 Å². The van der Waals surface area contributed by atoms with Gasteiger partial charge in [0.15, 0.2) is 5.66 Å². The van der Waals surface area contributed by atoms with Crippen LogP contribution in [0, 0.1) is 12.3 Å². The third-order valence-electron chi connectivity index (χ3n) is 5.18. The number of nitrogens with one attached hydrogen (secondary N) is 1. The van der Waals surface area contributed by atoms with Gasteiger partial charge in [-0.05, 0) is 25.7 Å². The summed E-state index contributed by atoms with van der Waals surface area (Å²) in [6.45, 7) is 0.766. The van der Waals surface area contributed by atoms with Crippen LogP contribution in [0.25, 0.3) is 0 Å². The Morgan fingerprint density at radius 2 is 2.09 bits per heavy atom. The molecule has 0 bridgehead atoms. The molecular weight excluding hydrogens is 278 g/mol. The molecule has 1 amide bonds. The van der Waals surface area contributed by atoms with Gasteiger partial charge in [-0.1, -0.05) is 12.8 Å². The molecule has 1 spiro atoms. The minimum atomic E-state index is -0.355. The zero-order chi connectivity index (χ0) is 15.5. The first-order valence-electron chi connectivity index (χ1n) is 8.46. The van der Waals surface area contributed by atoms with Gasteiger partial charge in [0, 0.05) is 38.3 Å². The Hall–Kier alpha value is -1.41. The molecule has 1 N–H and O–H groups in total. The molecule has 5 nitrogen and oxygen atoms in total. The lowest BCUT2D eigenvalue weighted by atomic mass is 9.89. The van der Waals surface area contributed by atoms with Crippen molar-refractivity contribution < 1.29 is 9.53 Å². The van der Waals surface area contributed by atoms with Crippen LogP contribution in [-0.4, -0.2) is 29.8 Å². The van der Waals surface area contributed by atoms with E-state index >= 15 is 0 Å². The van der Waals surface area contributed by atoms with Crippen molar-refractivity contribution in [3.63, 3.8) is 0 Å². The van der Waals surface area contributed by atoms with E-state index in [4.69, 9.17) is 11.2 Å². The number of hydrogen-bond donors (Lipinski definition) is 1. The second kappa shape index (κ2) is 6.37. The quantitative estimate of drug-likeness (QED) is 0.767. The molecule has 2 heterocycles. The number of nitrogens with zero attached hydrogens (tertiary/aromatic N) is 2. The molecule has 0 radical (unpaired) electrons. The molecule has 120 valence electrons. The van der Waals surface area contributed by atoms with Crippen LogP contribution in [0.2, 0.25) is 0 Å². The second-order valence-corrected chi connectivity index (χ2v) is 6.88. The lowest BCUT2D eigenvalue weighted by Gasteiger charge is -2.38. The van der Waals surface area contributed by atoms with Crippen LogP contribution in [-0.2, 0) is 9.53 Å². The van der Waals surface area contributed by atoms with Crippen LogP contribution in [0.1, 0.15) is 64.2 Å². The van der Waals surface area contributed by atoms with Crippen molar-refractivity contribution in [2.45, 2.75) is 81.5 Å². The van der Waals surface area contributed by atoms with E-state index in [1.807, 2.05) is 0 Å². The predicted molar refractivity (Wildman–Crippen MR) is 83.2 cm³/mol. The second-order valence-electron chi connectivity index (χ2n) is 6.88. The summed E-state index contributed by atoms with van der Waals surface area (Å²) in [5.74, 6) is 2.72. The van der Waals surface area contributed by atoms with Crippen LogP contribution in [0.3, 0.4) is 0 Å². The minimum Gasteiger partial charge on any atom is -0.375 e. The van der Waals surface area contributed by atoms with Gasteiger partial charge < -0.3 is 10.1 Å². The average Bonchev–Trinajstić information content (AvgIpc) is 3.16. The summed E-state index contributed by atoms with van der Waals surface area (Å²) >= 11 is 0. The monoisotopic (exact) mass is 303 g/mol. The fourth-order valence-corrected chi connectivity index (χ4v) is 3.80. The topological polar surface area (TPSA) is 63.0 Å². The van der Waals surface area contributed by atoms with Gasteiger partial charge in [-0.3, -0.25) is 4.79 Å². The molecule has 3 aliphatic rings. The van der Waals surface area contributed by atoms with E-state index in [2.05, 4.69) is 21.5 Å². The number of carbonyl (C=O) groups excluding carboxylic acids is 1. The van der Waals surface area contributed by atoms with Gasteiger partial charge in [-0.15, -0.1) is 12.3 Å². The highest BCUT2D eigenvalue weighted by atomic mass is 16.5. The number of carbonyl (C=O) groups is 1. The van der Waals surface area contributed by atoms with Crippen molar-refractivity contribution in [1.82, 2.24) is 5.32 Å². The van der Waals surface area contributed by atoms with Crippen molar-refractivity contribution in [2.24, 2.45) is 10.2 Å². The van der Waals surface area contributed by atoms with Gasteiger partial charge in [0.25, 0.3) is 0 Å². The standard InChI is InChI=1S/C17H25N3O2/c1-2-3-10-17(19-20-17)11-6-15(21)18-14-7-12-22-16(13-14)8-4-5-9-16/h1,14H,3-13H2,(H,18,21). The molecule has 1 unspecified atom stereocenters. The number of ether oxygens (including phenoxy) is 1. The Morgan fingerprint density at radius 1 is 1.32 bits per heavy atom. The highest BCUT2D eigenvalue weighted by Gasteiger charge is 2.41. The molecule has 2 aliphatic heterocycles. The van der Waals surface area contributed by atoms with Gasteiger partial charge in [-0.2, -0.15) is 10.2 Å². The van der Waals surface area contributed by atoms with Crippen molar-refractivity contribution in [2.75, 3.05) is 6.61 Å². The highest BCUT2D eigenvalue weighted by Crippen LogP contribution is 2.40. The van der Waals surface area contributed by atoms with Gasteiger partial charge >= 0.3 is 0 Å². The zero-order valence-corrected chi connectivity index (χ0v) is 13.1. The summed E-state index contributed by atoms with van der Waals surface area (Å²) in [5.41, 5.74) is -0.308. The smallest absolute Gasteiger partial charge is 0.220 e. The third kappa shape index (κ3) is 3.67. The Balaban J connectivity index is 1.41. The number of terminal acetylenes is 1. The normalized spacial score (nSPS) is 27.5. The van der Waals surface area contributed by atoms with E-state index in [0.29, 0.717) is 19.3 Å². The van der Waals surface area contributed by atoms with Gasteiger partial charge in [0.05, 0.1) is 5.60 Å². The molecule has 1 atom stereocenters. The SMILES string of the molecule is C#CCCC1(CCC(=O)NC2CCOC3(CCCC3)C2)N=N1. The van der Waals surface area contributed by atoms with Crippen LogP contribution < -0.4 is 5.32 Å². The number of amides is 1. The van der Waals surface area contributed by atoms with E-state index in [1.165, 1.54) is 12.8 Å². The van der Waals surface area contributed by atoms with Crippen molar-refractivity contribution in [3.8, 4) is 12.3 Å². The maximum absolute atomic E-state index is 12.2. The lowest BCUT2D eigenvalue weighted by molar-refractivity contribution is -0.125. The maximum Gasteiger partial charge on any atom is 0.220 e. The zero-order valence-electron chi connectivity index (χ0n) is 13.1. The molecule has 2 fully saturated rings. The summed E-state index contributed by atoms with van der Waals surface area (Å²) in [4.78, 5) is 12.2. The fourth-order valence-electron chi connectivity index (χ4n) is 3.80. The number of rotatable bonds is 6. The first-order valence-corrected chi connectivity index (χ1v) is 8.46. The molecule has 0 aromatic heterocycles. The van der Waals surface area contributed by atoms with E-state index in [9.17, 15) is 4.79 Å². The lowest BCUT2D eigenvalue weighted by Crippen LogP contribution is -2.47. The van der Waals surface area contributed by atoms with E-state index in [1.54, 1.807) is 0 Å². The summed E-state index contributed by atoms with van der Waals surface area (Å²) in [6, 6.07) is 0.258. The van der Waals surface area contributed by atoms with Gasteiger partial charge in [0.2, 0.25) is 5.91 Å². The van der Waals surface area contributed by atoms with Gasteiger partial charge in [-0.25, -0.2) is 0 Å². The molecule has 0 aromatic carbocycles. The molecule has 22 heavy (non-hydrogen) atoms. The predicted octanol–water partition coefficient (Wildman–Crippen LogP) is 2.95. The van der Waals surface area contributed by atoms with Crippen molar-refractivity contribution in [3.05, 3.63) is 0 Å². The summed E-state index contributed by atoms with van der Waals surface area (Å²) in [7, 11) is 0. The first-order chi connectivity index (χ1) is 10.7. The molecule has 0 aromatic rings. The molecular formula is C17H25N3O2. The fraction of sp³-hybridized carbons (Fsp3) is 0.824. The van der Waals surface area contributed by atoms with Gasteiger partial charge in [0.1, 0.15) is 0 Å². The summed E-state index contributed by atoms with van der Waals surface area (Å²) < 4.78 is 6.01. The van der Waals surface area contributed by atoms with Crippen LogP contribution >= 0.6 is 0 Å². The molecule has 1 aliphatic carbocycles. The van der Waals surface area contributed by atoms with Crippen molar-refractivity contribution in [1.29, 1.82) is 0 Å². The van der Waals surface area contributed by atoms with E-state index in [-0.39, 0.29) is 23.2 Å². The van der Waals surface area contributed by atoms with E-state index < -0.39 is 0 Å². The number of hydrogen-bond acceptors (Lipinski definition) is 4. The largest absolute Gasteiger partial charge is 0.375 e. The maximum atomic E-state index is 12.2. The van der Waals surface area contributed by atoms with Crippen LogP contribution in [0.5, 0.6) is 0 Å². The van der Waals surface area contributed by atoms with Crippen molar-refractivity contribution >= 4 is 5.91 Å². The third-order valence-corrected chi connectivity index (χ3v) is 5.18.